The van der Waals surface area contributed by atoms with Crippen LogP contribution in [0.25, 0.3) is 0 Å². The SMILES string of the molecule is C1=CC2NC(c3ccccc3)CN2C=C1. The summed E-state index contributed by atoms with van der Waals surface area (Å²) in [5.74, 6) is 0. The van der Waals surface area contributed by atoms with Gasteiger partial charge in [-0.1, -0.05) is 36.4 Å². The highest BCUT2D eigenvalue weighted by Crippen LogP contribution is 2.24. The van der Waals surface area contributed by atoms with E-state index in [1.165, 1.54) is 5.56 Å². The normalized spacial score (nSPS) is 28.1. The fourth-order valence-electron chi connectivity index (χ4n) is 2.22. The summed E-state index contributed by atoms with van der Waals surface area (Å²) in [5.41, 5.74) is 1.37. The molecular weight excluding hydrogens is 184 g/mol. The molecular formula is C13H14N2. The lowest BCUT2D eigenvalue weighted by atomic mass is 10.1. The first-order valence-electron chi connectivity index (χ1n) is 5.35. The molecule has 1 N–H and O–H groups in total. The van der Waals surface area contributed by atoms with Crippen molar-refractivity contribution >= 4 is 0 Å². The van der Waals surface area contributed by atoms with Crippen molar-refractivity contribution in [1.82, 2.24) is 10.2 Å². The number of hydrogen-bond acceptors (Lipinski definition) is 2. The molecule has 0 amide bonds. The Morgan fingerprint density at radius 2 is 2.00 bits per heavy atom. The Morgan fingerprint density at radius 1 is 1.13 bits per heavy atom. The Morgan fingerprint density at radius 3 is 2.80 bits per heavy atom. The molecule has 2 heterocycles. The molecule has 2 atom stereocenters. The minimum absolute atomic E-state index is 0.375. The predicted molar refractivity (Wildman–Crippen MR) is 61.1 cm³/mol. The van der Waals surface area contributed by atoms with Gasteiger partial charge in [-0.2, -0.15) is 0 Å². The maximum atomic E-state index is 3.60. The molecule has 2 aliphatic rings. The quantitative estimate of drug-likeness (QED) is 0.743. The van der Waals surface area contributed by atoms with E-state index in [2.05, 4.69) is 65.0 Å². The molecule has 1 aromatic rings. The first-order chi connectivity index (χ1) is 7.43. The molecule has 0 bridgehead atoms. The predicted octanol–water partition coefficient (Wildman–Crippen LogP) is 2.04. The standard InChI is InChI=1S/C13H14N2/c1-2-6-11(7-3-1)12-10-15-9-5-4-8-13(15)14-12/h1-9,12-14H,10H2. The highest BCUT2D eigenvalue weighted by molar-refractivity contribution is 5.24. The highest BCUT2D eigenvalue weighted by atomic mass is 15.3. The molecule has 1 aromatic carbocycles. The summed E-state index contributed by atoms with van der Waals surface area (Å²) in [6.45, 7) is 1.05. The van der Waals surface area contributed by atoms with E-state index < -0.39 is 0 Å². The van der Waals surface area contributed by atoms with Gasteiger partial charge in [0.1, 0.15) is 0 Å². The minimum Gasteiger partial charge on any atom is -0.357 e. The van der Waals surface area contributed by atoms with Gasteiger partial charge < -0.3 is 4.90 Å². The molecule has 2 aliphatic heterocycles. The molecule has 2 heteroatoms. The Labute approximate surface area is 89.9 Å². The monoisotopic (exact) mass is 198 g/mol. The van der Waals surface area contributed by atoms with Gasteiger partial charge in [0, 0.05) is 12.7 Å². The largest absolute Gasteiger partial charge is 0.357 e. The lowest BCUT2D eigenvalue weighted by Crippen LogP contribution is -2.31. The van der Waals surface area contributed by atoms with Crippen molar-refractivity contribution in [2.75, 3.05) is 6.54 Å². The Kier molecular flexibility index (Phi) is 2.07. The van der Waals surface area contributed by atoms with Crippen LogP contribution in [-0.2, 0) is 0 Å². The molecule has 3 rings (SSSR count). The summed E-state index contributed by atoms with van der Waals surface area (Å²) in [4.78, 5) is 2.33. The van der Waals surface area contributed by atoms with Gasteiger partial charge in [-0.05, 0) is 17.7 Å². The van der Waals surface area contributed by atoms with Crippen molar-refractivity contribution < 1.29 is 0 Å². The molecule has 0 aromatic heterocycles. The number of nitrogens with zero attached hydrogens (tertiary/aromatic N) is 1. The van der Waals surface area contributed by atoms with Crippen LogP contribution in [0.2, 0.25) is 0 Å². The Balaban J connectivity index is 1.82. The van der Waals surface area contributed by atoms with E-state index in [-0.39, 0.29) is 0 Å². The van der Waals surface area contributed by atoms with Crippen LogP contribution in [0.15, 0.2) is 54.8 Å². The van der Waals surface area contributed by atoms with Gasteiger partial charge >= 0.3 is 0 Å². The fourth-order valence-corrected chi connectivity index (χ4v) is 2.22. The number of benzene rings is 1. The van der Waals surface area contributed by atoms with Crippen LogP contribution in [0.4, 0.5) is 0 Å². The fraction of sp³-hybridized carbons (Fsp3) is 0.231. The minimum atomic E-state index is 0.375. The third kappa shape index (κ3) is 1.57. The van der Waals surface area contributed by atoms with E-state index in [4.69, 9.17) is 0 Å². The second-order valence-corrected chi connectivity index (χ2v) is 4.00. The molecule has 1 fully saturated rings. The van der Waals surface area contributed by atoms with Crippen molar-refractivity contribution in [3.05, 3.63) is 60.3 Å². The number of allylic oxidation sites excluding steroid dienone is 2. The smallest absolute Gasteiger partial charge is 0.0990 e. The summed E-state index contributed by atoms with van der Waals surface area (Å²) in [7, 11) is 0. The van der Waals surface area contributed by atoms with Gasteiger partial charge in [-0.15, -0.1) is 0 Å². The number of rotatable bonds is 1. The zero-order chi connectivity index (χ0) is 10.1. The van der Waals surface area contributed by atoms with Gasteiger partial charge in [0.25, 0.3) is 0 Å². The molecule has 0 aliphatic carbocycles. The molecule has 2 nitrogen and oxygen atoms in total. The van der Waals surface area contributed by atoms with Crippen molar-refractivity contribution in [3.8, 4) is 0 Å². The lowest BCUT2D eigenvalue weighted by Gasteiger charge is -2.20. The summed E-state index contributed by atoms with van der Waals surface area (Å²) in [6, 6.07) is 11.1. The average Bonchev–Trinajstić information content (AvgIpc) is 2.74. The van der Waals surface area contributed by atoms with Crippen molar-refractivity contribution in [2.24, 2.45) is 0 Å². The third-order valence-corrected chi connectivity index (χ3v) is 3.01. The zero-order valence-corrected chi connectivity index (χ0v) is 8.51. The van der Waals surface area contributed by atoms with E-state index in [0.717, 1.165) is 6.54 Å². The number of nitrogens with one attached hydrogen (secondary N) is 1. The van der Waals surface area contributed by atoms with Crippen LogP contribution < -0.4 is 5.32 Å². The number of fused-ring (bicyclic) bond motifs is 1. The summed E-state index contributed by atoms with van der Waals surface area (Å²) in [5, 5.41) is 3.60. The first-order valence-corrected chi connectivity index (χ1v) is 5.35. The van der Waals surface area contributed by atoms with Crippen molar-refractivity contribution in [2.45, 2.75) is 12.2 Å². The number of hydrogen-bond donors (Lipinski definition) is 1. The molecule has 76 valence electrons. The maximum Gasteiger partial charge on any atom is 0.0990 e. The molecule has 0 radical (unpaired) electrons. The van der Waals surface area contributed by atoms with E-state index >= 15 is 0 Å². The zero-order valence-electron chi connectivity index (χ0n) is 8.51. The van der Waals surface area contributed by atoms with Crippen LogP contribution in [-0.4, -0.2) is 17.6 Å². The second kappa shape index (κ2) is 3.55. The maximum absolute atomic E-state index is 3.60. The van der Waals surface area contributed by atoms with Crippen LogP contribution in [0.3, 0.4) is 0 Å². The summed E-state index contributed by atoms with van der Waals surface area (Å²) >= 11 is 0. The van der Waals surface area contributed by atoms with E-state index in [9.17, 15) is 0 Å². The van der Waals surface area contributed by atoms with Crippen LogP contribution >= 0.6 is 0 Å². The Bertz CT molecular complexity index is 374. The van der Waals surface area contributed by atoms with E-state index in [0.29, 0.717) is 12.2 Å². The van der Waals surface area contributed by atoms with E-state index in [1.807, 2.05) is 0 Å². The lowest BCUT2D eigenvalue weighted by molar-refractivity contribution is 0.381. The van der Waals surface area contributed by atoms with E-state index in [1.54, 1.807) is 0 Å². The van der Waals surface area contributed by atoms with Crippen LogP contribution in [0, 0.1) is 0 Å². The summed E-state index contributed by atoms with van der Waals surface area (Å²) < 4.78 is 0. The Hall–Kier alpha value is -1.54. The molecule has 1 saturated heterocycles. The highest BCUT2D eigenvalue weighted by Gasteiger charge is 2.28. The molecule has 0 spiro atoms. The second-order valence-electron chi connectivity index (χ2n) is 4.00. The molecule has 0 saturated carbocycles. The first kappa shape index (κ1) is 8.74. The third-order valence-electron chi connectivity index (χ3n) is 3.01. The topological polar surface area (TPSA) is 15.3 Å². The van der Waals surface area contributed by atoms with Crippen molar-refractivity contribution in [1.29, 1.82) is 0 Å². The van der Waals surface area contributed by atoms with Gasteiger partial charge in [0.2, 0.25) is 0 Å². The van der Waals surface area contributed by atoms with Gasteiger partial charge in [0.15, 0.2) is 0 Å². The van der Waals surface area contributed by atoms with Crippen molar-refractivity contribution in [3.63, 3.8) is 0 Å². The van der Waals surface area contributed by atoms with Gasteiger partial charge in [0.05, 0.1) is 12.2 Å². The van der Waals surface area contributed by atoms with Gasteiger partial charge in [-0.3, -0.25) is 5.32 Å². The van der Waals surface area contributed by atoms with Crippen LogP contribution in [0.5, 0.6) is 0 Å². The van der Waals surface area contributed by atoms with Crippen LogP contribution in [0.1, 0.15) is 11.6 Å². The average molecular weight is 198 g/mol. The molecule has 2 unspecified atom stereocenters. The molecule has 15 heavy (non-hydrogen) atoms. The van der Waals surface area contributed by atoms with Gasteiger partial charge in [-0.25, -0.2) is 0 Å². The summed E-state index contributed by atoms with van der Waals surface area (Å²) in [6.07, 6.45) is 8.91.